The summed E-state index contributed by atoms with van der Waals surface area (Å²) < 4.78 is 18.1. The number of furan rings is 1. The van der Waals surface area contributed by atoms with E-state index < -0.39 is 22.5 Å². The van der Waals surface area contributed by atoms with E-state index in [-0.39, 0.29) is 18.1 Å². The number of rotatable bonds is 6. The minimum absolute atomic E-state index is 0.0760. The standard InChI is InChI=1S/C14H14FN3O4/c1-9(14(19)16-8-11-3-2-6-22-11)17-12-5-4-10(15)7-13(12)18(20)21/h2-7,9,17H,8H2,1H3,(H,16,19). The SMILES string of the molecule is CC(Nc1ccc(F)cc1[N+](=O)[O-])C(=O)NCc1ccco1. The number of nitrogens with one attached hydrogen (secondary N) is 2. The Hall–Kier alpha value is -2.90. The van der Waals surface area contributed by atoms with Crippen LogP contribution in [0.2, 0.25) is 0 Å². The lowest BCUT2D eigenvalue weighted by Crippen LogP contribution is -2.37. The summed E-state index contributed by atoms with van der Waals surface area (Å²) in [6.45, 7) is 1.76. The number of halogens is 1. The number of nitro groups is 1. The maximum absolute atomic E-state index is 13.1. The number of carbonyl (C=O) groups excluding carboxylic acids is 1. The Bertz CT molecular complexity index is 673. The van der Waals surface area contributed by atoms with Gasteiger partial charge in [0.15, 0.2) is 0 Å². The number of amides is 1. The van der Waals surface area contributed by atoms with Crippen LogP contribution in [0, 0.1) is 15.9 Å². The molecule has 1 atom stereocenters. The molecule has 0 aliphatic rings. The second-order valence-corrected chi connectivity index (χ2v) is 4.58. The maximum Gasteiger partial charge on any atom is 0.295 e. The quantitative estimate of drug-likeness (QED) is 0.631. The minimum Gasteiger partial charge on any atom is -0.467 e. The third kappa shape index (κ3) is 3.81. The van der Waals surface area contributed by atoms with Crippen LogP contribution in [0.15, 0.2) is 41.0 Å². The predicted octanol–water partition coefficient (Wildman–Crippen LogP) is 2.44. The molecule has 7 nitrogen and oxygen atoms in total. The summed E-state index contributed by atoms with van der Waals surface area (Å²) in [5.41, 5.74) is -0.349. The summed E-state index contributed by atoms with van der Waals surface area (Å²) in [4.78, 5) is 22.1. The number of hydrogen-bond donors (Lipinski definition) is 2. The van der Waals surface area contributed by atoms with Gasteiger partial charge in [0.1, 0.15) is 23.3 Å². The fourth-order valence-electron chi connectivity index (χ4n) is 1.82. The van der Waals surface area contributed by atoms with Crippen molar-refractivity contribution in [3.05, 3.63) is 58.3 Å². The molecule has 0 aliphatic carbocycles. The molecule has 1 aromatic carbocycles. The first-order valence-corrected chi connectivity index (χ1v) is 6.48. The van der Waals surface area contributed by atoms with Gasteiger partial charge in [-0.1, -0.05) is 0 Å². The monoisotopic (exact) mass is 307 g/mol. The lowest BCUT2D eigenvalue weighted by molar-refractivity contribution is -0.384. The molecule has 0 saturated carbocycles. The first kappa shape index (κ1) is 15.5. The third-order valence-electron chi connectivity index (χ3n) is 2.94. The molecule has 0 saturated heterocycles. The smallest absolute Gasteiger partial charge is 0.295 e. The van der Waals surface area contributed by atoms with E-state index in [4.69, 9.17) is 4.42 Å². The zero-order chi connectivity index (χ0) is 16.1. The van der Waals surface area contributed by atoms with E-state index in [9.17, 15) is 19.3 Å². The van der Waals surface area contributed by atoms with Gasteiger partial charge in [0, 0.05) is 0 Å². The fraction of sp³-hybridized carbons (Fsp3) is 0.214. The Morgan fingerprint density at radius 3 is 2.86 bits per heavy atom. The van der Waals surface area contributed by atoms with Crippen molar-refractivity contribution in [2.75, 3.05) is 5.32 Å². The molecule has 22 heavy (non-hydrogen) atoms. The number of benzene rings is 1. The normalized spacial score (nSPS) is 11.7. The van der Waals surface area contributed by atoms with Crippen LogP contribution in [0.5, 0.6) is 0 Å². The summed E-state index contributed by atoms with van der Waals surface area (Å²) in [5.74, 6) is -0.490. The molecule has 0 aliphatic heterocycles. The molecular formula is C14H14FN3O4. The Labute approximate surface area is 125 Å². The Morgan fingerprint density at radius 1 is 1.45 bits per heavy atom. The summed E-state index contributed by atoms with van der Waals surface area (Å²) in [7, 11) is 0. The van der Waals surface area contributed by atoms with Crippen LogP contribution in [0.4, 0.5) is 15.8 Å². The summed E-state index contributed by atoms with van der Waals surface area (Å²) in [5, 5.41) is 16.2. The highest BCUT2D eigenvalue weighted by atomic mass is 19.1. The molecule has 2 rings (SSSR count). The predicted molar refractivity (Wildman–Crippen MR) is 76.7 cm³/mol. The van der Waals surface area contributed by atoms with E-state index >= 15 is 0 Å². The molecule has 0 spiro atoms. The third-order valence-corrected chi connectivity index (χ3v) is 2.94. The molecular weight excluding hydrogens is 293 g/mol. The van der Waals surface area contributed by atoms with E-state index in [1.807, 2.05) is 0 Å². The van der Waals surface area contributed by atoms with E-state index in [1.165, 1.54) is 12.3 Å². The first-order chi connectivity index (χ1) is 10.5. The van der Waals surface area contributed by atoms with E-state index in [1.54, 1.807) is 19.1 Å². The molecule has 1 aromatic heterocycles. The molecule has 0 fully saturated rings. The van der Waals surface area contributed by atoms with Crippen molar-refractivity contribution in [1.29, 1.82) is 0 Å². The van der Waals surface area contributed by atoms with Crippen molar-refractivity contribution in [1.82, 2.24) is 5.32 Å². The van der Waals surface area contributed by atoms with Gasteiger partial charge in [0.05, 0.1) is 23.8 Å². The highest BCUT2D eigenvalue weighted by molar-refractivity contribution is 5.85. The van der Waals surface area contributed by atoms with Gasteiger partial charge in [-0.3, -0.25) is 14.9 Å². The van der Waals surface area contributed by atoms with Crippen LogP contribution in [-0.2, 0) is 11.3 Å². The van der Waals surface area contributed by atoms with Crippen LogP contribution < -0.4 is 10.6 Å². The van der Waals surface area contributed by atoms with Crippen LogP contribution in [-0.4, -0.2) is 16.9 Å². The summed E-state index contributed by atoms with van der Waals surface area (Å²) in [6.07, 6.45) is 1.49. The highest BCUT2D eigenvalue weighted by Crippen LogP contribution is 2.25. The topological polar surface area (TPSA) is 97.4 Å². The van der Waals surface area contributed by atoms with Crippen molar-refractivity contribution in [3.63, 3.8) is 0 Å². The number of anilines is 1. The van der Waals surface area contributed by atoms with Crippen molar-refractivity contribution < 1.29 is 18.5 Å². The molecule has 2 aromatic rings. The molecule has 0 bridgehead atoms. The molecule has 1 unspecified atom stereocenters. The van der Waals surface area contributed by atoms with Crippen LogP contribution in [0.25, 0.3) is 0 Å². The molecule has 116 valence electrons. The zero-order valence-corrected chi connectivity index (χ0v) is 11.7. The van der Waals surface area contributed by atoms with Crippen LogP contribution >= 0.6 is 0 Å². The zero-order valence-electron chi connectivity index (χ0n) is 11.7. The van der Waals surface area contributed by atoms with Gasteiger partial charge in [-0.05, 0) is 31.2 Å². The number of nitrogens with zero attached hydrogens (tertiary/aromatic N) is 1. The van der Waals surface area contributed by atoms with Gasteiger partial charge in [-0.25, -0.2) is 4.39 Å². The molecule has 1 amide bonds. The lowest BCUT2D eigenvalue weighted by Gasteiger charge is -2.15. The molecule has 8 heteroatoms. The van der Waals surface area contributed by atoms with E-state index in [2.05, 4.69) is 10.6 Å². The number of hydrogen-bond acceptors (Lipinski definition) is 5. The largest absolute Gasteiger partial charge is 0.467 e. The van der Waals surface area contributed by atoms with Gasteiger partial charge in [0.2, 0.25) is 5.91 Å². The second kappa shape index (κ2) is 6.70. The average molecular weight is 307 g/mol. The van der Waals surface area contributed by atoms with Crippen molar-refractivity contribution >= 4 is 17.3 Å². The van der Waals surface area contributed by atoms with Crippen molar-refractivity contribution in [2.24, 2.45) is 0 Å². The van der Waals surface area contributed by atoms with Crippen LogP contribution in [0.3, 0.4) is 0 Å². The van der Waals surface area contributed by atoms with Crippen molar-refractivity contribution in [3.8, 4) is 0 Å². The van der Waals surface area contributed by atoms with Crippen LogP contribution in [0.1, 0.15) is 12.7 Å². The summed E-state index contributed by atoms with van der Waals surface area (Å²) >= 11 is 0. The van der Waals surface area contributed by atoms with E-state index in [0.717, 1.165) is 12.1 Å². The lowest BCUT2D eigenvalue weighted by atomic mass is 10.2. The fourth-order valence-corrected chi connectivity index (χ4v) is 1.82. The molecule has 1 heterocycles. The van der Waals surface area contributed by atoms with Gasteiger partial charge >= 0.3 is 0 Å². The first-order valence-electron chi connectivity index (χ1n) is 6.48. The minimum atomic E-state index is -0.737. The van der Waals surface area contributed by atoms with Gasteiger partial charge in [-0.15, -0.1) is 0 Å². The van der Waals surface area contributed by atoms with Gasteiger partial charge in [-0.2, -0.15) is 0 Å². The molecule has 0 radical (unpaired) electrons. The van der Waals surface area contributed by atoms with Gasteiger partial charge < -0.3 is 15.1 Å². The Morgan fingerprint density at radius 2 is 2.23 bits per heavy atom. The highest BCUT2D eigenvalue weighted by Gasteiger charge is 2.19. The number of nitro benzene ring substituents is 1. The van der Waals surface area contributed by atoms with Crippen molar-refractivity contribution in [2.45, 2.75) is 19.5 Å². The Kier molecular flexibility index (Phi) is 4.72. The maximum atomic E-state index is 13.1. The second-order valence-electron chi connectivity index (χ2n) is 4.58. The van der Waals surface area contributed by atoms with Gasteiger partial charge in [0.25, 0.3) is 5.69 Å². The van der Waals surface area contributed by atoms with E-state index in [0.29, 0.717) is 5.76 Å². The molecule has 2 N–H and O–H groups in total. The Balaban J connectivity index is 2.00. The number of carbonyl (C=O) groups is 1. The summed E-state index contributed by atoms with van der Waals surface area (Å²) in [6, 6.07) is 5.79. The average Bonchev–Trinajstić information content (AvgIpc) is 2.99.